The number of rotatable bonds is 5. The van der Waals surface area contributed by atoms with Crippen molar-refractivity contribution < 1.29 is 13.2 Å². The van der Waals surface area contributed by atoms with E-state index in [0.29, 0.717) is 35.1 Å². The lowest BCUT2D eigenvalue weighted by Gasteiger charge is -2.22. The number of halogens is 1. The lowest BCUT2D eigenvalue weighted by Crippen LogP contribution is -2.44. The zero-order valence-electron chi connectivity index (χ0n) is 17.1. The minimum Gasteiger partial charge on any atom is -0.338 e. The summed E-state index contributed by atoms with van der Waals surface area (Å²) in [5.74, 6) is 0.125. The van der Waals surface area contributed by atoms with Crippen LogP contribution >= 0.6 is 11.6 Å². The zero-order chi connectivity index (χ0) is 20.9. The van der Waals surface area contributed by atoms with Crippen LogP contribution in [0, 0.1) is 12.8 Å². The molecule has 6 nitrogen and oxygen atoms in total. The van der Waals surface area contributed by atoms with E-state index in [0.717, 1.165) is 19.3 Å². The van der Waals surface area contributed by atoms with Gasteiger partial charge in [0.2, 0.25) is 10.0 Å². The van der Waals surface area contributed by atoms with Gasteiger partial charge in [0.1, 0.15) is 0 Å². The summed E-state index contributed by atoms with van der Waals surface area (Å²) in [6, 6.07) is 4.97. The van der Waals surface area contributed by atoms with Crippen LogP contribution in [0.3, 0.4) is 0 Å². The number of hydrogen-bond acceptors (Lipinski definition) is 3. The van der Waals surface area contributed by atoms with E-state index >= 15 is 0 Å². The number of carbonyl (C=O) groups is 1. The molecule has 2 amide bonds. The predicted molar refractivity (Wildman–Crippen MR) is 129 cm³/mol. The van der Waals surface area contributed by atoms with Crippen molar-refractivity contribution in [1.29, 1.82) is 0 Å². The molecule has 1 aromatic rings. The third-order valence-electron chi connectivity index (χ3n) is 6.00. The summed E-state index contributed by atoms with van der Waals surface area (Å²) in [4.78, 5) is 12.6. The monoisotopic (exact) mass is 473 g/mol. The summed E-state index contributed by atoms with van der Waals surface area (Å²) >= 11 is 5.95. The second kappa shape index (κ2) is 12.7. The summed E-state index contributed by atoms with van der Waals surface area (Å²) < 4.78 is 27.4. The SMILES string of the molecule is C.C.Cc1cc(Cl)ccc1S(=O)(=O)N1CCC(CNC(=O)NC2CCCCCCC2)C1. The standard InChI is InChI=1S/C21H32ClN3O3S.2CH4/c1-16-13-18(22)9-10-20(16)29(27,28)25-12-11-17(15-25)14-23-21(26)24-19-7-5-3-2-4-6-8-19;;/h9-10,13,17,19H,2-8,11-12,14-15H2,1H3,(H2,23,24,26);2*1H4. The summed E-state index contributed by atoms with van der Waals surface area (Å²) in [5, 5.41) is 6.57. The van der Waals surface area contributed by atoms with Crippen molar-refractivity contribution in [3.63, 3.8) is 0 Å². The molecule has 1 saturated heterocycles. The summed E-state index contributed by atoms with van der Waals surface area (Å²) in [5.41, 5.74) is 0.651. The number of carbonyl (C=O) groups excluding carboxylic acids is 1. The molecule has 8 heteroatoms. The molecule has 1 aliphatic carbocycles. The first-order valence-corrected chi connectivity index (χ1v) is 12.5. The molecule has 1 atom stereocenters. The molecule has 2 aliphatic rings. The number of hydrogen-bond donors (Lipinski definition) is 2. The van der Waals surface area contributed by atoms with E-state index in [1.807, 2.05) is 0 Å². The van der Waals surface area contributed by atoms with E-state index < -0.39 is 10.0 Å². The molecular formula is C23H40ClN3O3S. The van der Waals surface area contributed by atoms with Gasteiger partial charge in [0.25, 0.3) is 0 Å². The maximum atomic E-state index is 13.0. The van der Waals surface area contributed by atoms with Crippen LogP contribution < -0.4 is 10.6 Å². The van der Waals surface area contributed by atoms with Crippen molar-refractivity contribution in [3.8, 4) is 0 Å². The van der Waals surface area contributed by atoms with E-state index in [4.69, 9.17) is 11.6 Å². The van der Waals surface area contributed by atoms with Gasteiger partial charge in [-0.05, 0) is 55.9 Å². The lowest BCUT2D eigenvalue weighted by atomic mass is 9.97. The highest BCUT2D eigenvalue weighted by atomic mass is 35.5. The second-order valence-corrected chi connectivity index (χ2v) is 10.7. The smallest absolute Gasteiger partial charge is 0.315 e. The van der Waals surface area contributed by atoms with Gasteiger partial charge in [-0.15, -0.1) is 0 Å². The Morgan fingerprint density at radius 2 is 1.74 bits per heavy atom. The van der Waals surface area contributed by atoms with Crippen LogP contribution in [-0.2, 0) is 10.0 Å². The molecule has 0 spiro atoms. The lowest BCUT2D eigenvalue weighted by molar-refractivity contribution is 0.232. The number of sulfonamides is 1. The zero-order valence-corrected chi connectivity index (χ0v) is 18.7. The van der Waals surface area contributed by atoms with Crippen LogP contribution in [0.1, 0.15) is 71.8 Å². The summed E-state index contributed by atoms with van der Waals surface area (Å²) in [6.07, 6.45) is 8.98. The molecule has 2 fully saturated rings. The van der Waals surface area contributed by atoms with Crippen molar-refractivity contribution in [2.75, 3.05) is 19.6 Å². The number of amides is 2. The minimum atomic E-state index is -3.54. The molecule has 178 valence electrons. The molecule has 0 aromatic heterocycles. The van der Waals surface area contributed by atoms with Gasteiger partial charge >= 0.3 is 6.03 Å². The highest BCUT2D eigenvalue weighted by molar-refractivity contribution is 7.89. The first kappa shape index (κ1) is 27.7. The van der Waals surface area contributed by atoms with Gasteiger partial charge in [0.15, 0.2) is 0 Å². The van der Waals surface area contributed by atoms with Gasteiger partial charge in [-0.3, -0.25) is 0 Å². The van der Waals surface area contributed by atoms with Crippen LogP contribution in [0.25, 0.3) is 0 Å². The average molecular weight is 474 g/mol. The Morgan fingerprint density at radius 3 is 2.39 bits per heavy atom. The quantitative estimate of drug-likeness (QED) is 0.605. The molecule has 3 rings (SSSR count). The van der Waals surface area contributed by atoms with Crippen LogP contribution in [0.2, 0.25) is 5.02 Å². The average Bonchev–Trinajstić information content (AvgIpc) is 3.12. The third kappa shape index (κ3) is 7.65. The van der Waals surface area contributed by atoms with Crippen LogP contribution in [-0.4, -0.2) is 44.4 Å². The number of aryl methyl sites for hydroxylation is 1. The molecule has 0 radical (unpaired) electrons. The van der Waals surface area contributed by atoms with Gasteiger partial charge in [-0.2, -0.15) is 4.31 Å². The van der Waals surface area contributed by atoms with Crippen LogP contribution in [0.5, 0.6) is 0 Å². The highest BCUT2D eigenvalue weighted by Gasteiger charge is 2.33. The van der Waals surface area contributed by atoms with E-state index in [9.17, 15) is 13.2 Å². The van der Waals surface area contributed by atoms with Crippen molar-refractivity contribution in [3.05, 3.63) is 28.8 Å². The Hall–Kier alpha value is -1.31. The van der Waals surface area contributed by atoms with E-state index in [-0.39, 0.29) is 32.8 Å². The van der Waals surface area contributed by atoms with E-state index in [1.165, 1.54) is 36.4 Å². The first-order valence-electron chi connectivity index (χ1n) is 10.7. The molecule has 1 saturated carbocycles. The molecule has 1 heterocycles. The minimum absolute atomic E-state index is 0. The number of benzene rings is 1. The first-order chi connectivity index (χ1) is 13.9. The van der Waals surface area contributed by atoms with Crippen molar-refractivity contribution in [1.82, 2.24) is 14.9 Å². The Kier molecular flexibility index (Phi) is 11.3. The molecule has 1 aromatic carbocycles. The summed E-state index contributed by atoms with van der Waals surface area (Å²) in [7, 11) is -3.54. The van der Waals surface area contributed by atoms with Gasteiger partial charge < -0.3 is 10.6 Å². The van der Waals surface area contributed by atoms with Gasteiger partial charge in [0.05, 0.1) is 4.90 Å². The van der Waals surface area contributed by atoms with E-state index in [2.05, 4.69) is 10.6 Å². The van der Waals surface area contributed by atoms with Crippen molar-refractivity contribution in [2.24, 2.45) is 5.92 Å². The predicted octanol–water partition coefficient (Wildman–Crippen LogP) is 5.34. The Labute approximate surface area is 194 Å². The Bertz CT molecular complexity index is 808. The van der Waals surface area contributed by atoms with Gasteiger partial charge in [-0.1, -0.05) is 58.6 Å². The Balaban J connectivity index is 0.00000240. The molecule has 1 aliphatic heterocycles. The molecule has 2 N–H and O–H groups in total. The fourth-order valence-electron chi connectivity index (χ4n) is 4.30. The fraction of sp³-hybridized carbons (Fsp3) is 0.696. The fourth-order valence-corrected chi connectivity index (χ4v) is 6.26. The van der Waals surface area contributed by atoms with Gasteiger partial charge in [-0.25, -0.2) is 13.2 Å². The van der Waals surface area contributed by atoms with Gasteiger partial charge in [0, 0.05) is 30.7 Å². The van der Waals surface area contributed by atoms with Crippen molar-refractivity contribution >= 4 is 27.7 Å². The normalized spacial score (nSPS) is 20.6. The molecule has 1 unspecified atom stereocenters. The topological polar surface area (TPSA) is 78.5 Å². The maximum absolute atomic E-state index is 13.0. The number of nitrogens with zero attached hydrogens (tertiary/aromatic N) is 1. The second-order valence-electron chi connectivity index (χ2n) is 8.32. The Morgan fingerprint density at radius 1 is 1.10 bits per heavy atom. The van der Waals surface area contributed by atoms with Crippen molar-refractivity contribution in [2.45, 2.75) is 84.1 Å². The number of urea groups is 1. The molecule has 0 bridgehead atoms. The molecular weight excluding hydrogens is 434 g/mol. The summed E-state index contributed by atoms with van der Waals surface area (Å²) in [6.45, 7) is 3.15. The maximum Gasteiger partial charge on any atom is 0.315 e. The molecule has 31 heavy (non-hydrogen) atoms. The van der Waals surface area contributed by atoms with Crippen LogP contribution in [0.15, 0.2) is 23.1 Å². The largest absolute Gasteiger partial charge is 0.338 e. The van der Waals surface area contributed by atoms with Crippen LogP contribution in [0.4, 0.5) is 4.79 Å². The highest BCUT2D eigenvalue weighted by Crippen LogP contribution is 2.27. The third-order valence-corrected chi connectivity index (χ3v) is 8.26. The van der Waals surface area contributed by atoms with E-state index in [1.54, 1.807) is 25.1 Å². The number of nitrogens with one attached hydrogen (secondary N) is 2.